The molecule has 3 rings (SSSR count). The largest absolute Gasteiger partial charge is 0.435 e. The molecule has 0 aliphatic heterocycles. The zero-order chi connectivity index (χ0) is 17.8. The maximum Gasteiger partial charge on any atom is 0.387 e. The number of anilines is 1. The van der Waals surface area contributed by atoms with Gasteiger partial charge in [-0.1, -0.05) is 6.07 Å². The summed E-state index contributed by atoms with van der Waals surface area (Å²) >= 11 is 0. The molecule has 0 saturated heterocycles. The molecule has 1 atom stereocenters. The first-order valence-corrected chi connectivity index (χ1v) is 7.97. The second-order valence-electron chi connectivity index (χ2n) is 5.71. The fourth-order valence-electron chi connectivity index (χ4n) is 2.95. The first-order chi connectivity index (χ1) is 12.1. The highest BCUT2D eigenvalue weighted by Crippen LogP contribution is 2.34. The van der Waals surface area contributed by atoms with Crippen LogP contribution in [0.25, 0.3) is 0 Å². The molecule has 0 spiro atoms. The number of alkyl halides is 2. The summed E-state index contributed by atoms with van der Waals surface area (Å²) < 4.78 is 29.2. The van der Waals surface area contributed by atoms with Gasteiger partial charge in [0.05, 0.1) is 6.04 Å². The molecule has 0 unspecified atom stereocenters. The monoisotopic (exact) mass is 348 g/mol. The average molecular weight is 348 g/mol. The molecule has 132 valence electrons. The summed E-state index contributed by atoms with van der Waals surface area (Å²) in [7, 11) is 1.53. The number of hydrogen-bond acceptors (Lipinski definition) is 5. The van der Waals surface area contributed by atoms with Crippen molar-refractivity contribution in [2.45, 2.75) is 31.9 Å². The summed E-state index contributed by atoms with van der Waals surface area (Å²) in [6.07, 6.45) is 2.63. The first kappa shape index (κ1) is 17.1. The predicted octanol–water partition coefficient (Wildman–Crippen LogP) is 2.93. The molecule has 0 saturated carbocycles. The summed E-state index contributed by atoms with van der Waals surface area (Å²) in [6, 6.07) is 8.30. The van der Waals surface area contributed by atoms with E-state index in [1.54, 1.807) is 30.3 Å². The first-order valence-electron chi connectivity index (χ1n) is 7.97. The van der Waals surface area contributed by atoms with Gasteiger partial charge in [0.2, 0.25) is 0 Å². The van der Waals surface area contributed by atoms with E-state index in [2.05, 4.69) is 25.6 Å². The Morgan fingerprint density at radius 3 is 2.80 bits per heavy atom. The van der Waals surface area contributed by atoms with Crippen LogP contribution in [0.4, 0.5) is 14.6 Å². The van der Waals surface area contributed by atoms with Gasteiger partial charge in [0.1, 0.15) is 11.6 Å². The fourth-order valence-corrected chi connectivity index (χ4v) is 2.95. The Morgan fingerprint density at radius 2 is 2.12 bits per heavy atom. The number of benzene rings is 1. The lowest BCUT2D eigenvalue weighted by Gasteiger charge is -2.27. The third-order valence-electron chi connectivity index (χ3n) is 4.10. The van der Waals surface area contributed by atoms with Gasteiger partial charge in [-0.25, -0.2) is 0 Å². The van der Waals surface area contributed by atoms with Crippen molar-refractivity contribution in [1.82, 2.24) is 15.5 Å². The Hall–Kier alpha value is -2.77. The van der Waals surface area contributed by atoms with Gasteiger partial charge in [-0.05, 0) is 54.7 Å². The lowest BCUT2D eigenvalue weighted by Crippen LogP contribution is -2.21. The van der Waals surface area contributed by atoms with Crippen LogP contribution in [0, 0.1) is 0 Å². The van der Waals surface area contributed by atoms with Crippen LogP contribution in [0.1, 0.15) is 40.5 Å². The molecule has 1 aromatic heterocycles. The van der Waals surface area contributed by atoms with Gasteiger partial charge in [-0.15, -0.1) is 10.2 Å². The molecule has 0 fully saturated rings. The van der Waals surface area contributed by atoms with E-state index < -0.39 is 6.61 Å². The average Bonchev–Trinajstić information content (AvgIpc) is 2.61. The normalized spacial score (nSPS) is 16.2. The van der Waals surface area contributed by atoms with Crippen LogP contribution in [0.15, 0.2) is 30.3 Å². The fraction of sp³-hybridized carbons (Fsp3) is 0.353. The van der Waals surface area contributed by atoms with E-state index in [0.29, 0.717) is 5.82 Å². The number of carbonyl (C=O) groups is 1. The third-order valence-corrected chi connectivity index (χ3v) is 4.10. The standard InChI is InChI=1S/C17H18F2N4O2/c1-20-16(24)14-7-8-15(23-22-14)21-13-4-2-3-10-9-11(25-17(18)19)5-6-12(10)13/h5-9,13,17H,2-4H2,1H3,(H,20,24)(H,21,23)/t13-/m0/s1. The van der Waals surface area contributed by atoms with Crippen molar-refractivity contribution in [3.8, 4) is 5.75 Å². The maximum absolute atomic E-state index is 12.4. The van der Waals surface area contributed by atoms with Crippen molar-refractivity contribution in [2.75, 3.05) is 12.4 Å². The number of halogens is 2. The SMILES string of the molecule is CNC(=O)c1ccc(N[C@H]2CCCc3cc(OC(F)F)ccc32)nn1. The second-order valence-corrected chi connectivity index (χ2v) is 5.71. The van der Waals surface area contributed by atoms with Crippen LogP contribution < -0.4 is 15.4 Å². The van der Waals surface area contributed by atoms with Gasteiger partial charge in [-0.2, -0.15) is 8.78 Å². The zero-order valence-electron chi connectivity index (χ0n) is 13.6. The van der Waals surface area contributed by atoms with E-state index in [4.69, 9.17) is 0 Å². The smallest absolute Gasteiger partial charge is 0.387 e. The molecule has 8 heteroatoms. The van der Waals surface area contributed by atoms with E-state index in [1.807, 2.05) is 0 Å². The van der Waals surface area contributed by atoms with Crippen molar-refractivity contribution < 1.29 is 18.3 Å². The Kier molecular flexibility index (Phi) is 5.06. The van der Waals surface area contributed by atoms with Crippen LogP contribution >= 0.6 is 0 Å². The van der Waals surface area contributed by atoms with E-state index in [0.717, 1.165) is 30.4 Å². The number of aryl methyl sites for hydroxylation is 1. The van der Waals surface area contributed by atoms with Crippen molar-refractivity contribution in [1.29, 1.82) is 0 Å². The van der Waals surface area contributed by atoms with Gasteiger partial charge >= 0.3 is 6.61 Å². The Morgan fingerprint density at radius 1 is 1.28 bits per heavy atom. The van der Waals surface area contributed by atoms with Crippen LogP contribution in [0.3, 0.4) is 0 Å². The van der Waals surface area contributed by atoms with Crippen molar-refractivity contribution in [2.24, 2.45) is 0 Å². The summed E-state index contributed by atoms with van der Waals surface area (Å²) in [5.74, 6) is 0.427. The molecule has 1 heterocycles. The van der Waals surface area contributed by atoms with Crippen LogP contribution in [-0.4, -0.2) is 29.8 Å². The van der Waals surface area contributed by atoms with E-state index in [9.17, 15) is 13.6 Å². The van der Waals surface area contributed by atoms with Crippen molar-refractivity contribution >= 4 is 11.7 Å². The second kappa shape index (κ2) is 7.42. The molecule has 1 aliphatic rings. The Labute approximate surface area is 143 Å². The lowest BCUT2D eigenvalue weighted by atomic mass is 9.87. The predicted molar refractivity (Wildman–Crippen MR) is 87.8 cm³/mol. The Bertz CT molecular complexity index is 753. The summed E-state index contributed by atoms with van der Waals surface area (Å²) in [6.45, 7) is -2.83. The number of rotatable bonds is 5. The number of carbonyl (C=O) groups excluding carboxylic acids is 1. The Balaban J connectivity index is 1.75. The third kappa shape index (κ3) is 4.01. The van der Waals surface area contributed by atoms with Gasteiger partial charge in [0, 0.05) is 7.05 Å². The molecule has 1 aromatic carbocycles. The summed E-state index contributed by atoms with van der Waals surface area (Å²) in [5, 5.41) is 13.7. The van der Waals surface area contributed by atoms with Crippen LogP contribution in [-0.2, 0) is 6.42 Å². The number of nitrogens with zero attached hydrogens (tertiary/aromatic N) is 2. The highest BCUT2D eigenvalue weighted by atomic mass is 19.3. The minimum absolute atomic E-state index is 0.00417. The van der Waals surface area contributed by atoms with Crippen LogP contribution in [0.2, 0.25) is 0 Å². The van der Waals surface area contributed by atoms with Gasteiger partial charge in [-0.3, -0.25) is 4.79 Å². The minimum Gasteiger partial charge on any atom is -0.435 e. The lowest BCUT2D eigenvalue weighted by molar-refractivity contribution is -0.0499. The summed E-state index contributed by atoms with van der Waals surface area (Å²) in [5.41, 5.74) is 2.26. The molecule has 1 amide bonds. The molecule has 2 N–H and O–H groups in total. The number of fused-ring (bicyclic) bond motifs is 1. The van der Waals surface area contributed by atoms with Crippen molar-refractivity contribution in [3.63, 3.8) is 0 Å². The zero-order valence-corrected chi connectivity index (χ0v) is 13.6. The van der Waals surface area contributed by atoms with Gasteiger partial charge in [0.15, 0.2) is 5.69 Å². The number of hydrogen-bond donors (Lipinski definition) is 2. The molecular formula is C17H18F2N4O2. The molecule has 0 bridgehead atoms. The number of amides is 1. The summed E-state index contributed by atoms with van der Waals surface area (Å²) in [4.78, 5) is 11.5. The maximum atomic E-state index is 12.4. The quantitative estimate of drug-likeness (QED) is 0.869. The highest BCUT2D eigenvalue weighted by Gasteiger charge is 2.21. The molecule has 6 nitrogen and oxygen atoms in total. The van der Waals surface area contributed by atoms with E-state index >= 15 is 0 Å². The number of ether oxygens (including phenoxy) is 1. The molecular weight excluding hydrogens is 330 g/mol. The molecule has 0 radical (unpaired) electrons. The molecule has 1 aliphatic carbocycles. The van der Waals surface area contributed by atoms with E-state index in [1.165, 1.54) is 7.05 Å². The van der Waals surface area contributed by atoms with Crippen molar-refractivity contribution in [3.05, 3.63) is 47.2 Å². The van der Waals surface area contributed by atoms with E-state index in [-0.39, 0.29) is 23.4 Å². The van der Waals surface area contributed by atoms with Crippen LogP contribution in [0.5, 0.6) is 5.75 Å². The highest BCUT2D eigenvalue weighted by molar-refractivity contribution is 5.91. The molecule has 25 heavy (non-hydrogen) atoms. The number of nitrogens with one attached hydrogen (secondary N) is 2. The van der Waals surface area contributed by atoms with Gasteiger partial charge < -0.3 is 15.4 Å². The minimum atomic E-state index is -2.83. The number of aromatic nitrogens is 2. The topological polar surface area (TPSA) is 76.1 Å². The molecule has 2 aromatic rings. The van der Waals surface area contributed by atoms with Gasteiger partial charge in [0.25, 0.3) is 5.91 Å².